The van der Waals surface area contributed by atoms with Crippen molar-refractivity contribution in [1.82, 2.24) is 4.90 Å². The van der Waals surface area contributed by atoms with Crippen LogP contribution in [0.3, 0.4) is 0 Å². The van der Waals surface area contributed by atoms with E-state index in [0.29, 0.717) is 8.83 Å². The van der Waals surface area contributed by atoms with Crippen molar-refractivity contribution < 1.29 is 0 Å². The van der Waals surface area contributed by atoms with Gasteiger partial charge in [-0.2, -0.15) is 11.1 Å². The topological polar surface area (TPSA) is 3.24 Å². The Morgan fingerprint density at radius 3 is 2.17 bits per heavy atom. The standard InChI is InChI=1S/C3H8ClNSi/c1-5(2)3-6-4/h3H2,1-2H3. The molecule has 0 aromatic carbocycles. The van der Waals surface area contributed by atoms with Crippen molar-refractivity contribution in [3.63, 3.8) is 0 Å². The highest BCUT2D eigenvalue weighted by Crippen LogP contribution is 1.71. The number of hydrogen-bond donors (Lipinski definition) is 0. The second-order valence-corrected chi connectivity index (χ2v) is 2.76. The van der Waals surface area contributed by atoms with Crippen LogP contribution in [0.2, 0.25) is 0 Å². The van der Waals surface area contributed by atoms with Gasteiger partial charge in [-0.25, -0.2) is 0 Å². The van der Waals surface area contributed by atoms with Crippen LogP contribution in [0.25, 0.3) is 0 Å². The van der Waals surface area contributed by atoms with Gasteiger partial charge < -0.3 is 4.90 Å². The molecular formula is C3H8ClNSi. The smallest absolute Gasteiger partial charge is 0.187 e. The molecule has 0 saturated carbocycles. The third kappa shape index (κ3) is 4.47. The van der Waals surface area contributed by atoms with Gasteiger partial charge in [0.1, 0.15) is 0 Å². The quantitative estimate of drug-likeness (QED) is 0.377. The van der Waals surface area contributed by atoms with Crippen LogP contribution in [0.1, 0.15) is 0 Å². The lowest BCUT2D eigenvalue weighted by atomic mass is 11.0. The Balaban J connectivity index is 2.63. The number of nitrogens with zero attached hydrogens (tertiary/aromatic N) is 1. The first-order chi connectivity index (χ1) is 2.77. The van der Waals surface area contributed by atoms with Gasteiger partial charge in [-0.1, -0.05) is 0 Å². The normalized spacial score (nSPS) is 10.0. The molecule has 0 saturated heterocycles. The van der Waals surface area contributed by atoms with E-state index >= 15 is 0 Å². The summed E-state index contributed by atoms with van der Waals surface area (Å²) >= 11 is 5.38. The van der Waals surface area contributed by atoms with Gasteiger partial charge in [-0.05, 0) is 14.1 Å². The van der Waals surface area contributed by atoms with E-state index in [2.05, 4.69) is 4.90 Å². The van der Waals surface area contributed by atoms with Crippen LogP contribution in [-0.2, 0) is 0 Å². The Morgan fingerprint density at radius 2 is 2.17 bits per heavy atom. The second kappa shape index (κ2) is 3.65. The van der Waals surface area contributed by atoms with E-state index in [1.165, 1.54) is 0 Å². The summed E-state index contributed by atoms with van der Waals surface area (Å²) in [6.45, 7) is 0. The van der Waals surface area contributed by atoms with Gasteiger partial charge in [-0.15, -0.1) is 0 Å². The van der Waals surface area contributed by atoms with Gasteiger partial charge >= 0.3 is 0 Å². The molecule has 3 heteroatoms. The van der Waals surface area contributed by atoms with Crippen molar-refractivity contribution in [2.75, 3.05) is 20.3 Å². The minimum absolute atomic E-state index is 0.536. The molecule has 0 rings (SSSR count). The molecule has 0 aliphatic rings. The van der Waals surface area contributed by atoms with Crippen LogP contribution in [0.4, 0.5) is 0 Å². The molecule has 0 atom stereocenters. The zero-order chi connectivity index (χ0) is 4.99. The van der Waals surface area contributed by atoms with Crippen LogP contribution in [0.5, 0.6) is 0 Å². The maximum absolute atomic E-state index is 5.38. The lowest BCUT2D eigenvalue weighted by Gasteiger charge is -2.01. The van der Waals surface area contributed by atoms with Gasteiger partial charge in [-0.3, -0.25) is 0 Å². The van der Waals surface area contributed by atoms with E-state index in [-0.39, 0.29) is 0 Å². The summed E-state index contributed by atoms with van der Waals surface area (Å²) in [5.74, 6) is 0. The Kier molecular flexibility index (Phi) is 3.93. The van der Waals surface area contributed by atoms with E-state index in [0.717, 1.165) is 6.17 Å². The fraction of sp³-hybridized carbons (Fsp3) is 1.00. The van der Waals surface area contributed by atoms with Crippen molar-refractivity contribution in [3.05, 3.63) is 0 Å². The fourth-order valence-electron chi connectivity index (χ4n) is 0.120. The molecule has 0 aliphatic heterocycles. The van der Waals surface area contributed by atoms with Crippen molar-refractivity contribution in [2.24, 2.45) is 0 Å². The Bertz CT molecular complexity index is 32.0. The summed E-state index contributed by atoms with van der Waals surface area (Å²) < 4.78 is 0. The molecule has 0 aliphatic carbocycles. The predicted molar refractivity (Wildman–Crippen MR) is 30.2 cm³/mol. The van der Waals surface area contributed by atoms with Crippen molar-refractivity contribution in [1.29, 1.82) is 0 Å². The average molecular weight is 122 g/mol. The highest BCUT2D eigenvalue weighted by Gasteiger charge is 1.83. The molecule has 2 radical (unpaired) electrons. The van der Waals surface area contributed by atoms with E-state index in [9.17, 15) is 0 Å². The number of halogens is 1. The lowest BCUT2D eigenvalue weighted by molar-refractivity contribution is 0.479. The van der Waals surface area contributed by atoms with Crippen molar-refractivity contribution >= 4 is 19.9 Å². The summed E-state index contributed by atoms with van der Waals surface area (Å²) in [5.41, 5.74) is 0. The molecule has 0 fully saturated rings. The van der Waals surface area contributed by atoms with E-state index in [1.54, 1.807) is 0 Å². The predicted octanol–water partition coefficient (Wildman–Crippen LogP) is 0.363. The maximum atomic E-state index is 5.38. The van der Waals surface area contributed by atoms with E-state index in [4.69, 9.17) is 11.1 Å². The van der Waals surface area contributed by atoms with Crippen molar-refractivity contribution in [2.45, 2.75) is 0 Å². The highest BCUT2D eigenvalue weighted by molar-refractivity contribution is 6.93. The molecule has 0 heterocycles. The zero-order valence-electron chi connectivity index (χ0n) is 4.03. The van der Waals surface area contributed by atoms with E-state index < -0.39 is 0 Å². The third-order valence-corrected chi connectivity index (χ3v) is 1.49. The summed E-state index contributed by atoms with van der Waals surface area (Å²) in [4.78, 5) is 2.06. The van der Waals surface area contributed by atoms with Crippen LogP contribution in [-0.4, -0.2) is 34.0 Å². The Hall–Kier alpha value is 0.467. The molecule has 6 heavy (non-hydrogen) atoms. The van der Waals surface area contributed by atoms with Gasteiger partial charge in [0.05, 0.1) is 0 Å². The summed E-state index contributed by atoms with van der Waals surface area (Å²) in [5, 5.41) is 0. The SMILES string of the molecule is CN(C)C[Si]Cl. The van der Waals surface area contributed by atoms with Crippen molar-refractivity contribution in [3.8, 4) is 0 Å². The number of rotatable bonds is 2. The molecule has 0 unspecified atom stereocenters. The first-order valence-electron chi connectivity index (χ1n) is 1.75. The summed E-state index contributed by atoms with van der Waals surface area (Å²) in [6, 6.07) is 0. The second-order valence-electron chi connectivity index (χ2n) is 1.37. The maximum Gasteiger partial charge on any atom is 0.187 e. The zero-order valence-corrected chi connectivity index (χ0v) is 5.79. The van der Waals surface area contributed by atoms with E-state index in [1.807, 2.05) is 14.1 Å². The van der Waals surface area contributed by atoms with Crippen LogP contribution >= 0.6 is 11.1 Å². The van der Waals surface area contributed by atoms with Gasteiger partial charge in [0.25, 0.3) is 0 Å². The minimum Gasteiger partial charge on any atom is -0.311 e. The molecule has 0 spiro atoms. The Morgan fingerprint density at radius 1 is 1.67 bits per heavy atom. The first-order valence-corrected chi connectivity index (χ1v) is 3.97. The monoisotopic (exact) mass is 121 g/mol. The average Bonchev–Trinajstić information content (AvgIpc) is 1.35. The van der Waals surface area contributed by atoms with Gasteiger partial charge in [0.15, 0.2) is 8.83 Å². The fourth-order valence-corrected chi connectivity index (χ4v) is 1.08. The van der Waals surface area contributed by atoms with Crippen LogP contribution in [0, 0.1) is 0 Å². The molecule has 36 valence electrons. The highest BCUT2D eigenvalue weighted by atomic mass is 35.6. The molecule has 0 N–H and O–H groups in total. The van der Waals surface area contributed by atoms with Gasteiger partial charge in [0.2, 0.25) is 0 Å². The van der Waals surface area contributed by atoms with Crippen LogP contribution in [0.15, 0.2) is 0 Å². The summed E-state index contributed by atoms with van der Waals surface area (Å²) in [6.07, 6.45) is 1.00. The van der Waals surface area contributed by atoms with Gasteiger partial charge in [0, 0.05) is 6.17 Å². The third-order valence-electron chi connectivity index (χ3n) is 0.376. The molecule has 1 nitrogen and oxygen atoms in total. The first kappa shape index (κ1) is 6.47. The minimum atomic E-state index is 0.536. The molecule has 0 aromatic rings. The molecular weight excluding hydrogens is 114 g/mol. The number of hydrogen-bond acceptors (Lipinski definition) is 1. The summed E-state index contributed by atoms with van der Waals surface area (Å²) in [7, 11) is 4.55. The van der Waals surface area contributed by atoms with Crippen LogP contribution < -0.4 is 0 Å². The molecule has 0 amide bonds. The largest absolute Gasteiger partial charge is 0.311 e. The Labute approximate surface area is 45.8 Å². The molecule has 0 aromatic heterocycles. The molecule has 0 bridgehead atoms. The lowest BCUT2D eigenvalue weighted by Crippen LogP contribution is -2.15.